The summed E-state index contributed by atoms with van der Waals surface area (Å²) in [6, 6.07) is 8.65. The summed E-state index contributed by atoms with van der Waals surface area (Å²) in [5.41, 5.74) is 3.39. The first-order chi connectivity index (χ1) is 9.76. The van der Waals surface area contributed by atoms with Crippen LogP contribution in [0.3, 0.4) is 0 Å². The second-order valence-corrected chi connectivity index (χ2v) is 5.51. The van der Waals surface area contributed by atoms with Crippen molar-refractivity contribution in [1.82, 2.24) is 10.3 Å². The standard InChI is InChI=1S/C16H17ClN2O/c1-20-15-7-12(8-18-10-15)16-5-2-13(17)6-11(16)9-19-14-3-4-14/h2,5-8,10,14,19H,3-4,9H2,1H3. The molecule has 0 aliphatic heterocycles. The highest BCUT2D eigenvalue weighted by Crippen LogP contribution is 2.29. The molecular weight excluding hydrogens is 272 g/mol. The zero-order chi connectivity index (χ0) is 13.9. The highest BCUT2D eigenvalue weighted by molar-refractivity contribution is 6.30. The molecule has 1 N–H and O–H groups in total. The number of benzene rings is 1. The van der Waals surface area contributed by atoms with Crippen molar-refractivity contribution in [2.75, 3.05) is 7.11 Å². The topological polar surface area (TPSA) is 34.1 Å². The van der Waals surface area contributed by atoms with Crippen LogP contribution >= 0.6 is 11.6 Å². The third kappa shape index (κ3) is 3.11. The third-order valence-electron chi connectivity index (χ3n) is 3.49. The summed E-state index contributed by atoms with van der Waals surface area (Å²) in [4.78, 5) is 4.22. The van der Waals surface area contributed by atoms with Gasteiger partial charge in [0, 0.05) is 29.4 Å². The molecule has 1 aromatic heterocycles. The van der Waals surface area contributed by atoms with Gasteiger partial charge in [-0.1, -0.05) is 17.7 Å². The molecule has 1 aliphatic rings. The molecule has 0 atom stereocenters. The Bertz CT molecular complexity index is 611. The van der Waals surface area contributed by atoms with E-state index in [0.717, 1.165) is 28.4 Å². The number of aromatic nitrogens is 1. The summed E-state index contributed by atoms with van der Waals surface area (Å²) in [6.45, 7) is 0.831. The normalized spacial score (nSPS) is 14.3. The highest BCUT2D eigenvalue weighted by Gasteiger charge is 2.20. The average Bonchev–Trinajstić information content (AvgIpc) is 3.29. The Hall–Kier alpha value is -1.58. The summed E-state index contributed by atoms with van der Waals surface area (Å²) in [5, 5.41) is 4.29. The van der Waals surface area contributed by atoms with Crippen LogP contribution in [0.2, 0.25) is 5.02 Å². The first-order valence-electron chi connectivity index (χ1n) is 6.77. The molecule has 3 nitrogen and oxygen atoms in total. The fourth-order valence-corrected chi connectivity index (χ4v) is 2.40. The zero-order valence-electron chi connectivity index (χ0n) is 11.4. The largest absolute Gasteiger partial charge is 0.495 e. The molecular formula is C16H17ClN2O. The fourth-order valence-electron chi connectivity index (χ4n) is 2.21. The van der Waals surface area contributed by atoms with Gasteiger partial charge in [-0.2, -0.15) is 0 Å². The first-order valence-corrected chi connectivity index (χ1v) is 7.15. The van der Waals surface area contributed by atoms with Crippen molar-refractivity contribution in [2.45, 2.75) is 25.4 Å². The maximum Gasteiger partial charge on any atom is 0.137 e. The van der Waals surface area contributed by atoms with Crippen LogP contribution in [0.1, 0.15) is 18.4 Å². The molecule has 1 saturated carbocycles. The van der Waals surface area contributed by atoms with Gasteiger partial charge < -0.3 is 10.1 Å². The number of ether oxygens (including phenoxy) is 1. The summed E-state index contributed by atoms with van der Waals surface area (Å²) in [5.74, 6) is 0.763. The van der Waals surface area contributed by atoms with Gasteiger partial charge in [0.25, 0.3) is 0 Å². The lowest BCUT2D eigenvalue weighted by atomic mass is 10.0. The van der Waals surface area contributed by atoms with E-state index in [4.69, 9.17) is 16.3 Å². The molecule has 0 radical (unpaired) electrons. The monoisotopic (exact) mass is 288 g/mol. The number of rotatable bonds is 5. The van der Waals surface area contributed by atoms with Crippen LogP contribution in [-0.2, 0) is 6.54 Å². The molecule has 0 unspecified atom stereocenters. The van der Waals surface area contributed by atoms with E-state index in [1.165, 1.54) is 18.4 Å². The minimum atomic E-state index is 0.672. The number of nitrogens with zero attached hydrogens (tertiary/aromatic N) is 1. The maximum absolute atomic E-state index is 6.13. The number of pyridine rings is 1. The number of methoxy groups -OCH3 is 1. The summed E-state index contributed by atoms with van der Waals surface area (Å²) in [7, 11) is 1.65. The number of hydrogen-bond donors (Lipinski definition) is 1. The molecule has 0 spiro atoms. The Balaban J connectivity index is 1.93. The van der Waals surface area contributed by atoms with E-state index in [2.05, 4.69) is 10.3 Å². The second-order valence-electron chi connectivity index (χ2n) is 5.07. The van der Waals surface area contributed by atoms with Crippen molar-refractivity contribution in [3.63, 3.8) is 0 Å². The lowest BCUT2D eigenvalue weighted by Gasteiger charge is -2.12. The predicted molar refractivity (Wildman–Crippen MR) is 81.1 cm³/mol. The smallest absolute Gasteiger partial charge is 0.137 e. The van der Waals surface area contributed by atoms with Crippen molar-refractivity contribution in [2.24, 2.45) is 0 Å². The SMILES string of the molecule is COc1cncc(-c2ccc(Cl)cc2CNC2CC2)c1. The van der Waals surface area contributed by atoms with Crippen molar-refractivity contribution in [1.29, 1.82) is 0 Å². The van der Waals surface area contributed by atoms with Gasteiger partial charge in [0.05, 0.1) is 13.3 Å². The Morgan fingerprint density at radius 3 is 2.90 bits per heavy atom. The third-order valence-corrected chi connectivity index (χ3v) is 3.72. The molecule has 4 heteroatoms. The Kier molecular flexibility index (Phi) is 3.90. The minimum Gasteiger partial charge on any atom is -0.495 e. The van der Waals surface area contributed by atoms with Crippen molar-refractivity contribution in [3.05, 3.63) is 47.2 Å². The van der Waals surface area contributed by atoms with Crippen LogP contribution in [0.5, 0.6) is 5.75 Å². The molecule has 1 aliphatic carbocycles. The van der Waals surface area contributed by atoms with Crippen LogP contribution in [0.25, 0.3) is 11.1 Å². The second kappa shape index (κ2) is 5.81. The lowest BCUT2D eigenvalue weighted by molar-refractivity contribution is 0.413. The molecule has 0 bridgehead atoms. The quantitative estimate of drug-likeness (QED) is 0.912. The van der Waals surface area contributed by atoms with Gasteiger partial charge in [-0.15, -0.1) is 0 Å². The van der Waals surface area contributed by atoms with Crippen molar-refractivity contribution >= 4 is 11.6 Å². The van der Waals surface area contributed by atoms with Gasteiger partial charge in [-0.25, -0.2) is 0 Å². The number of hydrogen-bond acceptors (Lipinski definition) is 3. The van der Waals surface area contributed by atoms with Crippen LogP contribution < -0.4 is 10.1 Å². The van der Waals surface area contributed by atoms with E-state index in [-0.39, 0.29) is 0 Å². The molecule has 104 valence electrons. The van der Waals surface area contributed by atoms with Crippen LogP contribution in [0.4, 0.5) is 0 Å². The first kappa shape index (κ1) is 13.4. The zero-order valence-corrected chi connectivity index (χ0v) is 12.2. The summed E-state index contributed by atoms with van der Waals surface area (Å²) >= 11 is 6.13. The van der Waals surface area contributed by atoms with E-state index in [9.17, 15) is 0 Å². The minimum absolute atomic E-state index is 0.672. The van der Waals surface area contributed by atoms with E-state index in [1.807, 2.05) is 30.5 Å². The average molecular weight is 289 g/mol. The maximum atomic E-state index is 6.13. The Labute approximate surface area is 123 Å². The molecule has 1 aromatic carbocycles. The molecule has 1 heterocycles. The van der Waals surface area contributed by atoms with Gasteiger partial charge >= 0.3 is 0 Å². The predicted octanol–water partition coefficient (Wildman–Crippen LogP) is 3.66. The Morgan fingerprint density at radius 2 is 2.15 bits per heavy atom. The van der Waals surface area contributed by atoms with Gasteiger partial charge in [-0.05, 0) is 42.2 Å². The van der Waals surface area contributed by atoms with Gasteiger partial charge in [0.1, 0.15) is 5.75 Å². The summed E-state index contributed by atoms with van der Waals surface area (Å²) in [6.07, 6.45) is 6.11. The molecule has 3 rings (SSSR count). The van der Waals surface area contributed by atoms with Crippen LogP contribution in [0, 0.1) is 0 Å². The molecule has 0 saturated heterocycles. The Morgan fingerprint density at radius 1 is 1.30 bits per heavy atom. The fraction of sp³-hybridized carbons (Fsp3) is 0.312. The van der Waals surface area contributed by atoms with Gasteiger partial charge in [0.2, 0.25) is 0 Å². The summed E-state index contributed by atoms with van der Waals surface area (Å²) < 4.78 is 5.24. The highest BCUT2D eigenvalue weighted by atomic mass is 35.5. The van der Waals surface area contributed by atoms with Gasteiger partial charge in [0.15, 0.2) is 0 Å². The van der Waals surface area contributed by atoms with E-state index in [1.54, 1.807) is 13.3 Å². The van der Waals surface area contributed by atoms with Crippen molar-refractivity contribution < 1.29 is 4.74 Å². The number of halogens is 1. The molecule has 2 aromatic rings. The lowest BCUT2D eigenvalue weighted by Crippen LogP contribution is -2.15. The van der Waals surface area contributed by atoms with E-state index >= 15 is 0 Å². The molecule has 1 fully saturated rings. The van der Waals surface area contributed by atoms with Crippen LogP contribution in [0.15, 0.2) is 36.7 Å². The van der Waals surface area contributed by atoms with E-state index in [0.29, 0.717) is 6.04 Å². The molecule has 20 heavy (non-hydrogen) atoms. The number of nitrogens with one attached hydrogen (secondary N) is 1. The van der Waals surface area contributed by atoms with Crippen LogP contribution in [-0.4, -0.2) is 18.1 Å². The van der Waals surface area contributed by atoms with Crippen molar-refractivity contribution in [3.8, 4) is 16.9 Å². The molecule has 0 amide bonds. The van der Waals surface area contributed by atoms with Gasteiger partial charge in [-0.3, -0.25) is 4.98 Å². The van der Waals surface area contributed by atoms with E-state index < -0.39 is 0 Å².